The van der Waals surface area contributed by atoms with Crippen LogP contribution in [0.2, 0.25) is 10.0 Å². The van der Waals surface area contributed by atoms with Crippen LogP contribution in [0.15, 0.2) is 48.5 Å². The molecule has 7 heteroatoms. The molecule has 0 aliphatic heterocycles. The van der Waals surface area contributed by atoms with Crippen LogP contribution in [0.25, 0.3) is 11.3 Å². The van der Waals surface area contributed by atoms with Crippen molar-refractivity contribution in [2.24, 2.45) is 5.73 Å². The maximum Gasteiger partial charge on any atom is 0.231 e. The maximum atomic E-state index is 13.4. The number of anilines is 1. The Hall–Kier alpha value is -2.63. The van der Waals surface area contributed by atoms with Crippen LogP contribution in [0.4, 0.5) is 10.1 Å². The summed E-state index contributed by atoms with van der Waals surface area (Å²) in [5, 5.41) is 0.602. The molecule has 0 aliphatic rings. The van der Waals surface area contributed by atoms with Crippen molar-refractivity contribution < 1.29 is 9.18 Å². The molecule has 0 spiro atoms. The van der Waals surface area contributed by atoms with Gasteiger partial charge in [0.2, 0.25) is 5.91 Å². The standard InChI is InChI=1S/C20H16Cl2FN3O/c1-10-7-11(23)5-6-13(10)16-8-12(24)9-17(26-16)19(20(25)27)18-14(21)3-2-4-15(18)22/h2-9,19H,1H3,(H2,24,26)(H2,25,27). The van der Waals surface area contributed by atoms with Crippen molar-refractivity contribution in [3.8, 4) is 11.3 Å². The van der Waals surface area contributed by atoms with Crippen LogP contribution in [0, 0.1) is 12.7 Å². The van der Waals surface area contributed by atoms with Crippen LogP contribution in [0.1, 0.15) is 22.7 Å². The first kappa shape index (κ1) is 19.1. The van der Waals surface area contributed by atoms with Gasteiger partial charge in [-0.15, -0.1) is 0 Å². The van der Waals surface area contributed by atoms with E-state index in [-0.39, 0.29) is 5.82 Å². The lowest BCUT2D eigenvalue weighted by molar-refractivity contribution is -0.118. The Labute approximate surface area is 165 Å². The van der Waals surface area contributed by atoms with Crippen molar-refractivity contribution in [3.63, 3.8) is 0 Å². The van der Waals surface area contributed by atoms with Crippen molar-refractivity contribution in [2.75, 3.05) is 5.73 Å². The van der Waals surface area contributed by atoms with Gasteiger partial charge in [0.25, 0.3) is 0 Å². The van der Waals surface area contributed by atoms with Gasteiger partial charge in [-0.05, 0) is 55.0 Å². The average Bonchev–Trinajstić information content (AvgIpc) is 2.57. The van der Waals surface area contributed by atoms with Gasteiger partial charge in [0, 0.05) is 26.9 Å². The Bertz CT molecular complexity index is 1020. The highest BCUT2D eigenvalue weighted by Crippen LogP contribution is 2.36. The second kappa shape index (κ2) is 7.55. The normalized spacial score (nSPS) is 12.0. The minimum Gasteiger partial charge on any atom is -0.399 e. The number of carbonyl (C=O) groups is 1. The number of pyridine rings is 1. The van der Waals surface area contributed by atoms with Gasteiger partial charge >= 0.3 is 0 Å². The molecule has 138 valence electrons. The third-order valence-corrected chi connectivity index (χ3v) is 4.86. The van der Waals surface area contributed by atoms with Crippen LogP contribution in [0.5, 0.6) is 0 Å². The number of nitrogens with zero attached hydrogens (tertiary/aromatic N) is 1. The largest absolute Gasteiger partial charge is 0.399 e. The fraction of sp³-hybridized carbons (Fsp3) is 0.100. The number of benzene rings is 2. The molecule has 4 nitrogen and oxygen atoms in total. The number of hydrogen-bond donors (Lipinski definition) is 2. The number of halogens is 3. The molecule has 3 aromatic rings. The highest BCUT2D eigenvalue weighted by molar-refractivity contribution is 6.36. The van der Waals surface area contributed by atoms with Crippen LogP contribution in [-0.2, 0) is 4.79 Å². The highest BCUT2D eigenvalue weighted by Gasteiger charge is 2.27. The number of primary amides is 1. The van der Waals surface area contributed by atoms with Crippen LogP contribution in [-0.4, -0.2) is 10.9 Å². The second-order valence-corrected chi connectivity index (χ2v) is 6.95. The Morgan fingerprint density at radius 2 is 1.78 bits per heavy atom. The molecule has 1 unspecified atom stereocenters. The highest BCUT2D eigenvalue weighted by atomic mass is 35.5. The van der Waals surface area contributed by atoms with Crippen molar-refractivity contribution in [1.29, 1.82) is 0 Å². The lowest BCUT2D eigenvalue weighted by Crippen LogP contribution is -2.24. The first-order valence-electron chi connectivity index (χ1n) is 8.05. The molecule has 0 bridgehead atoms. The van der Waals surface area contributed by atoms with Crippen molar-refractivity contribution in [1.82, 2.24) is 4.98 Å². The van der Waals surface area contributed by atoms with Crippen molar-refractivity contribution in [2.45, 2.75) is 12.8 Å². The van der Waals surface area contributed by atoms with Gasteiger partial charge in [-0.3, -0.25) is 9.78 Å². The molecular weight excluding hydrogens is 388 g/mol. The summed E-state index contributed by atoms with van der Waals surface area (Å²) in [5.41, 5.74) is 14.6. The molecule has 1 amide bonds. The van der Waals surface area contributed by atoms with E-state index in [2.05, 4.69) is 4.98 Å². The summed E-state index contributed by atoms with van der Waals surface area (Å²) in [6.45, 7) is 1.76. The molecule has 4 N–H and O–H groups in total. The summed E-state index contributed by atoms with van der Waals surface area (Å²) in [6.07, 6.45) is 0. The van der Waals surface area contributed by atoms with E-state index in [0.29, 0.717) is 43.8 Å². The number of aryl methyl sites for hydroxylation is 1. The van der Waals surface area contributed by atoms with Crippen molar-refractivity contribution in [3.05, 3.63) is 81.2 Å². The summed E-state index contributed by atoms with van der Waals surface area (Å²) in [4.78, 5) is 16.8. The van der Waals surface area contributed by atoms with E-state index >= 15 is 0 Å². The molecule has 0 saturated heterocycles. The molecule has 1 atom stereocenters. The Morgan fingerprint density at radius 1 is 1.11 bits per heavy atom. The van der Waals surface area contributed by atoms with E-state index in [0.717, 1.165) is 0 Å². The van der Waals surface area contributed by atoms with E-state index in [1.54, 1.807) is 43.3 Å². The van der Waals surface area contributed by atoms with Crippen molar-refractivity contribution >= 4 is 34.8 Å². The molecule has 1 aromatic heterocycles. The summed E-state index contributed by atoms with van der Waals surface area (Å²) in [6, 6.07) is 12.5. The van der Waals surface area contributed by atoms with Crippen LogP contribution >= 0.6 is 23.2 Å². The lowest BCUT2D eigenvalue weighted by Gasteiger charge is -2.18. The maximum absolute atomic E-state index is 13.4. The number of nitrogens with two attached hydrogens (primary N) is 2. The van der Waals surface area contributed by atoms with Crippen LogP contribution < -0.4 is 11.5 Å². The predicted molar refractivity (Wildman–Crippen MR) is 106 cm³/mol. The Balaban J connectivity index is 2.20. The number of hydrogen-bond acceptors (Lipinski definition) is 3. The Kier molecular flexibility index (Phi) is 5.35. The van der Waals surface area contributed by atoms with E-state index in [1.165, 1.54) is 12.1 Å². The van der Waals surface area contributed by atoms with Gasteiger partial charge in [0.05, 0.1) is 11.4 Å². The smallest absolute Gasteiger partial charge is 0.231 e. The summed E-state index contributed by atoms with van der Waals surface area (Å²) >= 11 is 12.5. The zero-order valence-electron chi connectivity index (χ0n) is 14.3. The molecule has 27 heavy (non-hydrogen) atoms. The third-order valence-electron chi connectivity index (χ3n) is 4.20. The quantitative estimate of drug-likeness (QED) is 0.661. The molecular formula is C20H16Cl2FN3O. The van der Waals surface area contributed by atoms with Gasteiger partial charge in [0.1, 0.15) is 11.7 Å². The summed E-state index contributed by atoms with van der Waals surface area (Å²) < 4.78 is 13.4. The number of rotatable bonds is 4. The SMILES string of the molecule is Cc1cc(F)ccc1-c1cc(N)cc(C(C(N)=O)c2c(Cl)cccc2Cl)n1. The number of nitrogen functional groups attached to an aromatic ring is 1. The first-order valence-corrected chi connectivity index (χ1v) is 8.80. The fourth-order valence-electron chi connectivity index (χ4n) is 3.00. The number of amides is 1. The zero-order chi connectivity index (χ0) is 19.7. The molecule has 3 rings (SSSR count). The molecule has 0 radical (unpaired) electrons. The van der Waals surface area contributed by atoms with Gasteiger partial charge in [0.15, 0.2) is 0 Å². The molecule has 2 aromatic carbocycles. The van der Waals surface area contributed by atoms with Gasteiger partial charge in [-0.2, -0.15) is 0 Å². The number of carbonyl (C=O) groups excluding carboxylic acids is 1. The fourth-order valence-corrected chi connectivity index (χ4v) is 3.61. The Morgan fingerprint density at radius 3 is 2.37 bits per heavy atom. The minimum absolute atomic E-state index is 0.301. The minimum atomic E-state index is -0.978. The lowest BCUT2D eigenvalue weighted by atomic mass is 9.93. The molecule has 0 aliphatic carbocycles. The van der Waals surface area contributed by atoms with E-state index < -0.39 is 11.8 Å². The topological polar surface area (TPSA) is 82.0 Å². The molecule has 1 heterocycles. The summed E-state index contributed by atoms with van der Waals surface area (Å²) in [5.74, 6) is -1.99. The molecule has 0 saturated carbocycles. The van der Waals surface area contributed by atoms with E-state index in [1.807, 2.05) is 0 Å². The predicted octanol–water partition coefficient (Wildman–Crippen LogP) is 4.70. The average molecular weight is 404 g/mol. The van der Waals surface area contributed by atoms with E-state index in [9.17, 15) is 9.18 Å². The monoisotopic (exact) mass is 403 g/mol. The van der Waals surface area contributed by atoms with E-state index in [4.69, 9.17) is 34.7 Å². The first-order chi connectivity index (χ1) is 12.8. The van der Waals surface area contributed by atoms with Gasteiger partial charge in [-0.1, -0.05) is 29.3 Å². The third kappa shape index (κ3) is 3.89. The zero-order valence-corrected chi connectivity index (χ0v) is 15.9. The molecule has 0 fully saturated rings. The second-order valence-electron chi connectivity index (χ2n) is 6.14. The number of aromatic nitrogens is 1. The van der Waals surface area contributed by atoms with Gasteiger partial charge in [-0.25, -0.2) is 4.39 Å². The van der Waals surface area contributed by atoms with Crippen LogP contribution in [0.3, 0.4) is 0 Å². The summed E-state index contributed by atoms with van der Waals surface area (Å²) in [7, 11) is 0. The van der Waals surface area contributed by atoms with Gasteiger partial charge < -0.3 is 11.5 Å².